The lowest BCUT2D eigenvalue weighted by Gasteiger charge is -2.14. The van der Waals surface area contributed by atoms with Crippen LogP contribution in [-0.4, -0.2) is 22.8 Å². The van der Waals surface area contributed by atoms with Gasteiger partial charge in [-0.15, -0.1) is 11.6 Å². The van der Waals surface area contributed by atoms with Crippen molar-refractivity contribution in [3.8, 4) is 0 Å². The number of aromatic nitrogens is 1. The number of nitrogens with zero attached hydrogens (tertiary/aromatic N) is 1. The number of amides is 1. The first-order chi connectivity index (χ1) is 8.71. The molecule has 106 valence electrons. The molecule has 1 unspecified atom stereocenters. The molecule has 0 radical (unpaired) electrons. The number of carbonyl (C=O) groups is 1. The molecular formula is C12H14ClF3N2O. The van der Waals surface area contributed by atoms with Gasteiger partial charge in [-0.2, -0.15) is 13.2 Å². The fourth-order valence-electron chi connectivity index (χ4n) is 1.21. The molecule has 0 aliphatic rings. The lowest BCUT2D eigenvalue weighted by atomic mass is 10.1. The molecule has 1 atom stereocenters. The summed E-state index contributed by atoms with van der Waals surface area (Å²) >= 11 is 5.95. The molecule has 1 N–H and O–H groups in total. The zero-order chi connectivity index (χ0) is 14.6. The molecule has 3 nitrogen and oxygen atoms in total. The van der Waals surface area contributed by atoms with Gasteiger partial charge < -0.3 is 5.32 Å². The minimum absolute atomic E-state index is 0.0689. The Bertz CT molecular complexity index is 432. The van der Waals surface area contributed by atoms with Crippen molar-refractivity contribution in [1.82, 2.24) is 10.3 Å². The minimum Gasteiger partial charge on any atom is -0.349 e. The van der Waals surface area contributed by atoms with Gasteiger partial charge in [0.25, 0.3) is 5.91 Å². The van der Waals surface area contributed by atoms with E-state index in [2.05, 4.69) is 10.3 Å². The molecule has 19 heavy (non-hydrogen) atoms. The largest absolute Gasteiger partial charge is 0.417 e. The zero-order valence-corrected chi connectivity index (χ0v) is 11.2. The summed E-state index contributed by atoms with van der Waals surface area (Å²) in [5.74, 6) is -0.359. The van der Waals surface area contributed by atoms with Crippen LogP contribution in [0.2, 0.25) is 0 Å². The van der Waals surface area contributed by atoms with Crippen molar-refractivity contribution in [2.45, 2.75) is 25.4 Å². The average Bonchev–Trinajstić information content (AvgIpc) is 2.34. The molecule has 0 fully saturated rings. The molecule has 1 aromatic heterocycles. The lowest BCUT2D eigenvalue weighted by Crippen LogP contribution is -2.32. The summed E-state index contributed by atoms with van der Waals surface area (Å²) in [5, 5.41) is 2.29. The highest BCUT2D eigenvalue weighted by atomic mass is 35.5. The van der Waals surface area contributed by atoms with Crippen molar-refractivity contribution in [3.63, 3.8) is 0 Å². The standard InChI is InChI=1S/C12H14ClF3N2O/c1-7(2)9(13)6-18-11(19)10-4-3-8(5-17-10)12(14,15)16/h3-5,7,9H,6H2,1-2H3,(H,18,19). The first kappa shape index (κ1) is 15.8. The highest BCUT2D eigenvalue weighted by Crippen LogP contribution is 2.28. The Morgan fingerprint density at radius 2 is 2.05 bits per heavy atom. The molecule has 0 aliphatic heterocycles. The van der Waals surface area contributed by atoms with Gasteiger partial charge in [0.15, 0.2) is 0 Å². The van der Waals surface area contributed by atoms with E-state index in [1.807, 2.05) is 13.8 Å². The summed E-state index contributed by atoms with van der Waals surface area (Å²) in [6, 6.07) is 1.86. The summed E-state index contributed by atoms with van der Waals surface area (Å²) < 4.78 is 36.9. The summed E-state index contributed by atoms with van der Waals surface area (Å²) in [4.78, 5) is 15.1. The van der Waals surface area contributed by atoms with Crippen molar-refractivity contribution in [1.29, 1.82) is 0 Å². The second-order valence-electron chi connectivity index (χ2n) is 4.40. The van der Waals surface area contributed by atoms with Crippen molar-refractivity contribution in [2.75, 3.05) is 6.54 Å². The van der Waals surface area contributed by atoms with E-state index in [1.165, 1.54) is 0 Å². The Balaban J connectivity index is 2.64. The van der Waals surface area contributed by atoms with E-state index < -0.39 is 17.6 Å². The number of hydrogen-bond donors (Lipinski definition) is 1. The van der Waals surface area contributed by atoms with Crippen LogP contribution in [0.25, 0.3) is 0 Å². The van der Waals surface area contributed by atoms with Crippen molar-refractivity contribution in [3.05, 3.63) is 29.6 Å². The summed E-state index contributed by atoms with van der Waals surface area (Å²) in [6.45, 7) is 4.04. The van der Waals surface area contributed by atoms with E-state index in [-0.39, 0.29) is 23.5 Å². The third-order valence-electron chi connectivity index (χ3n) is 2.50. The molecule has 0 saturated carbocycles. The predicted molar refractivity (Wildman–Crippen MR) is 66.1 cm³/mol. The van der Waals surface area contributed by atoms with Gasteiger partial charge >= 0.3 is 6.18 Å². The van der Waals surface area contributed by atoms with Crippen LogP contribution in [0.4, 0.5) is 13.2 Å². The number of rotatable bonds is 4. The van der Waals surface area contributed by atoms with Gasteiger partial charge in [-0.3, -0.25) is 9.78 Å². The average molecular weight is 295 g/mol. The van der Waals surface area contributed by atoms with E-state index in [1.54, 1.807) is 0 Å². The number of hydrogen-bond acceptors (Lipinski definition) is 2. The van der Waals surface area contributed by atoms with Gasteiger partial charge in [-0.1, -0.05) is 13.8 Å². The SMILES string of the molecule is CC(C)C(Cl)CNC(=O)c1ccc(C(F)(F)F)cn1. The predicted octanol–water partition coefficient (Wildman–Crippen LogP) is 3.09. The van der Waals surface area contributed by atoms with Gasteiger partial charge in [0.1, 0.15) is 5.69 Å². The smallest absolute Gasteiger partial charge is 0.349 e. The fourth-order valence-corrected chi connectivity index (χ4v) is 1.29. The Kier molecular flexibility index (Phi) is 5.17. The van der Waals surface area contributed by atoms with E-state index in [9.17, 15) is 18.0 Å². The van der Waals surface area contributed by atoms with E-state index in [0.29, 0.717) is 6.20 Å². The molecule has 7 heteroatoms. The maximum atomic E-state index is 12.3. The Morgan fingerprint density at radius 1 is 1.42 bits per heavy atom. The monoisotopic (exact) mass is 294 g/mol. The van der Waals surface area contributed by atoms with Gasteiger partial charge in [0.05, 0.1) is 10.9 Å². The molecule has 0 spiro atoms. The molecule has 0 aliphatic carbocycles. The molecule has 0 aromatic carbocycles. The van der Waals surface area contributed by atoms with Crippen LogP contribution in [0.3, 0.4) is 0 Å². The second-order valence-corrected chi connectivity index (χ2v) is 4.96. The maximum absolute atomic E-state index is 12.3. The molecule has 1 heterocycles. The van der Waals surface area contributed by atoms with Gasteiger partial charge in [-0.05, 0) is 18.1 Å². The van der Waals surface area contributed by atoms with Gasteiger partial charge in [-0.25, -0.2) is 0 Å². The highest BCUT2D eigenvalue weighted by Gasteiger charge is 2.30. The summed E-state index contributed by atoms with van der Waals surface area (Å²) in [5.41, 5.74) is -0.956. The number of halogens is 4. The Morgan fingerprint density at radius 3 is 2.47 bits per heavy atom. The van der Waals surface area contributed by atoms with Crippen molar-refractivity contribution in [2.24, 2.45) is 5.92 Å². The molecule has 0 saturated heterocycles. The van der Waals surface area contributed by atoms with Crippen LogP contribution in [-0.2, 0) is 6.18 Å². The van der Waals surface area contributed by atoms with Crippen molar-refractivity contribution < 1.29 is 18.0 Å². The molecule has 1 rings (SSSR count). The summed E-state index contributed by atoms with van der Waals surface area (Å²) in [6.07, 6.45) is -3.82. The number of nitrogens with one attached hydrogen (secondary N) is 1. The van der Waals surface area contributed by atoms with Crippen LogP contribution in [0, 0.1) is 5.92 Å². The Hall–Kier alpha value is -1.30. The number of alkyl halides is 4. The van der Waals surface area contributed by atoms with E-state index in [0.717, 1.165) is 12.1 Å². The Labute approximate surface area is 114 Å². The van der Waals surface area contributed by atoms with Crippen LogP contribution in [0.15, 0.2) is 18.3 Å². The quantitative estimate of drug-likeness (QED) is 0.867. The highest BCUT2D eigenvalue weighted by molar-refractivity contribution is 6.21. The third kappa shape index (κ3) is 4.70. The van der Waals surface area contributed by atoms with Gasteiger partial charge in [0.2, 0.25) is 0 Å². The van der Waals surface area contributed by atoms with Crippen LogP contribution in [0.5, 0.6) is 0 Å². The number of pyridine rings is 1. The second kappa shape index (κ2) is 6.23. The van der Waals surface area contributed by atoms with Crippen LogP contribution < -0.4 is 5.32 Å². The third-order valence-corrected chi connectivity index (χ3v) is 3.16. The minimum atomic E-state index is -4.46. The molecule has 1 amide bonds. The van der Waals surface area contributed by atoms with Crippen LogP contribution >= 0.6 is 11.6 Å². The summed E-state index contributed by atoms with van der Waals surface area (Å²) in [7, 11) is 0. The normalized spacial score (nSPS) is 13.4. The first-order valence-corrected chi connectivity index (χ1v) is 6.11. The maximum Gasteiger partial charge on any atom is 0.417 e. The molecule has 1 aromatic rings. The molecular weight excluding hydrogens is 281 g/mol. The van der Waals surface area contributed by atoms with Gasteiger partial charge in [0, 0.05) is 12.7 Å². The lowest BCUT2D eigenvalue weighted by molar-refractivity contribution is -0.137. The van der Waals surface area contributed by atoms with E-state index >= 15 is 0 Å². The van der Waals surface area contributed by atoms with Crippen molar-refractivity contribution >= 4 is 17.5 Å². The molecule has 0 bridgehead atoms. The van der Waals surface area contributed by atoms with Crippen LogP contribution in [0.1, 0.15) is 29.9 Å². The number of carbonyl (C=O) groups excluding carboxylic acids is 1. The first-order valence-electron chi connectivity index (χ1n) is 5.67. The zero-order valence-electron chi connectivity index (χ0n) is 10.5. The fraction of sp³-hybridized carbons (Fsp3) is 0.500. The van der Waals surface area contributed by atoms with E-state index in [4.69, 9.17) is 11.6 Å². The topological polar surface area (TPSA) is 42.0 Å².